The molecule has 1 unspecified atom stereocenters. The Bertz CT molecular complexity index is 1850. The molecule has 6 aromatic rings. The van der Waals surface area contributed by atoms with Gasteiger partial charge >= 0.3 is 0 Å². The predicted molar refractivity (Wildman–Crippen MR) is 175 cm³/mol. The number of benzene rings is 5. The Morgan fingerprint density at radius 1 is 0.659 bits per heavy atom. The van der Waals surface area contributed by atoms with E-state index in [1.165, 1.54) is 55.2 Å². The van der Waals surface area contributed by atoms with Crippen molar-refractivity contribution in [1.82, 2.24) is 4.57 Å². The van der Waals surface area contributed by atoms with Crippen molar-refractivity contribution in [1.29, 1.82) is 0 Å². The van der Waals surface area contributed by atoms with Gasteiger partial charge in [-0.3, -0.25) is 0 Å². The first-order chi connectivity index (χ1) is 20.1. The van der Waals surface area contributed by atoms with E-state index in [9.17, 15) is 0 Å². The molecule has 5 aromatic carbocycles. The molecular weight excluding hydrogens is 494 g/mol. The summed E-state index contributed by atoms with van der Waals surface area (Å²) in [6.45, 7) is 6.90. The summed E-state index contributed by atoms with van der Waals surface area (Å²) in [5.74, 6) is 0. The Morgan fingerprint density at radius 2 is 1.29 bits per heavy atom. The molecule has 1 aromatic heterocycles. The predicted octanol–water partition coefficient (Wildman–Crippen LogP) is 10.6. The zero-order valence-electron chi connectivity index (χ0n) is 24.3. The van der Waals surface area contributed by atoms with Crippen LogP contribution >= 0.6 is 0 Å². The van der Waals surface area contributed by atoms with Gasteiger partial charge in [0.25, 0.3) is 0 Å². The molecule has 41 heavy (non-hydrogen) atoms. The number of hydrogen-bond donors (Lipinski definition) is 0. The molecular formula is C40H37N. The second kappa shape index (κ2) is 9.93. The Morgan fingerprint density at radius 3 is 1.98 bits per heavy atom. The molecule has 202 valence electrons. The summed E-state index contributed by atoms with van der Waals surface area (Å²) in [5, 5.41) is 2.68. The van der Waals surface area contributed by atoms with E-state index in [4.69, 9.17) is 0 Å². The highest BCUT2D eigenvalue weighted by molar-refractivity contribution is 6.11. The normalized spacial score (nSPS) is 15.3. The van der Waals surface area contributed by atoms with Crippen LogP contribution in [0.2, 0.25) is 0 Å². The van der Waals surface area contributed by atoms with Crippen LogP contribution in [0.25, 0.3) is 32.9 Å². The maximum atomic E-state index is 2.67. The van der Waals surface area contributed by atoms with Crippen molar-refractivity contribution in [3.8, 4) is 11.1 Å². The monoisotopic (exact) mass is 531 g/mol. The largest absolute Gasteiger partial charge is 0.334 e. The van der Waals surface area contributed by atoms with E-state index < -0.39 is 5.41 Å². The van der Waals surface area contributed by atoms with Crippen LogP contribution in [-0.2, 0) is 11.0 Å². The third-order valence-corrected chi connectivity index (χ3v) is 9.37. The SMILES string of the molecule is C/C=C\CC(C)(CCC)n1c2ccccc2c2cc3c(cc21)C(c1ccccc1)(c1ccccc1)c1ccccc1-3. The van der Waals surface area contributed by atoms with Crippen LogP contribution in [0.4, 0.5) is 0 Å². The summed E-state index contributed by atoms with van der Waals surface area (Å²) in [5.41, 5.74) is 10.2. The fourth-order valence-corrected chi connectivity index (χ4v) is 7.70. The molecule has 1 heteroatoms. The lowest BCUT2D eigenvalue weighted by Gasteiger charge is -2.35. The van der Waals surface area contributed by atoms with Crippen LogP contribution in [0.5, 0.6) is 0 Å². The van der Waals surface area contributed by atoms with Gasteiger partial charge in [0.15, 0.2) is 0 Å². The Hall–Kier alpha value is -4.36. The minimum absolute atomic E-state index is 0.0372. The van der Waals surface area contributed by atoms with Crippen molar-refractivity contribution >= 4 is 21.8 Å². The summed E-state index contributed by atoms with van der Waals surface area (Å²) >= 11 is 0. The highest BCUT2D eigenvalue weighted by Crippen LogP contribution is 2.57. The summed E-state index contributed by atoms with van der Waals surface area (Å²) in [7, 11) is 0. The lowest BCUT2D eigenvalue weighted by molar-refractivity contribution is 0.311. The van der Waals surface area contributed by atoms with E-state index in [-0.39, 0.29) is 5.54 Å². The number of allylic oxidation sites excluding steroid dienone is 2. The van der Waals surface area contributed by atoms with Crippen LogP contribution in [0.15, 0.2) is 133 Å². The minimum atomic E-state index is -0.394. The average Bonchev–Trinajstić information content (AvgIpc) is 3.51. The van der Waals surface area contributed by atoms with Gasteiger partial charge in [0.2, 0.25) is 0 Å². The average molecular weight is 532 g/mol. The molecule has 1 nitrogen and oxygen atoms in total. The van der Waals surface area contributed by atoms with Gasteiger partial charge in [-0.2, -0.15) is 0 Å². The first-order valence-electron chi connectivity index (χ1n) is 15.0. The number of fused-ring (bicyclic) bond motifs is 6. The molecule has 0 saturated carbocycles. The Kier molecular flexibility index (Phi) is 6.20. The quantitative estimate of drug-likeness (QED) is 0.180. The first-order valence-corrected chi connectivity index (χ1v) is 15.0. The van der Waals surface area contributed by atoms with E-state index in [1.807, 2.05) is 0 Å². The molecule has 0 aliphatic heterocycles. The molecule has 1 atom stereocenters. The van der Waals surface area contributed by atoms with Crippen molar-refractivity contribution in [2.75, 3.05) is 0 Å². The van der Waals surface area contributed by atoms with Crippen molar-refractivity contribution in [2.24, 2.45) is 0 Å². The Labute approximate surface area is 243 Å². The van der Waals surface area contributed by atoms with Crippen molar-refractivity contribution in [3.05, 3.63) is 156 Å². The molecule has 1 aliphatic carbocycles. The second-order valence-corrected chi connectivity index (χ2v) is 11.8. The fraction of sp³-hybridized carbons (Fsp3) is 0.200. The molecule has 0 spiro atoms. The van der Waals surface area contributed by atoms with E-state index in [0.29, 0.717) is 0 Å². The molecule has 1 aliphatic rings. The zero-order valence-corrected chi connectivity index (χ0v) is 24.3. The van der Waals surface area contributed by atoms with E-state index in [1.54, 1.807) is 0 Å². The maximum absolute atomic E-state index is 2.67. The van der Waals surface area contributed by atoms with E-state index in [0.717, 1.165) is 19.3 Å². The van der Waals surface area contributed by atoms with Crippen LogP contribution in [0.3, 0.4) is 0 Å². The lowest BCUT2D eigenvalue weighted by Crippen LogP contribution is -2.30. The third kappa shape index (κ3) is 3.68. The van der Waals surface area contributed by atoms with Crippen molar-refractivity contribution in [2.45, 2.75) is 51.0 Å². The number of nitrogens with zero attached hydrogens (tertiary/aromatic N) is 1. The van der Waals surface area contributed by atoms with Crippen LogP contribution in [-0.4, -0.2) is 4.57 Å². The molecule has 0 amide bonds. The molecule has 0 saturated heterocycles. The number of hydrogen-bond acceptors (Lipinski definition) is 0. The van der Waals surface area contributed by atoms with Gasteiger partial charge < -0.3 is 4.57 Å². The highest BCUT2D eigenvalue weighted by atomic mass is 15.1. The van der Waals surface area contributed by atoms with Gasteiger partial charge in [0, 0.05) is 27.3 Å². The van der Waals surface area contributed by atoms with Gasteiger partial charge in [-0.1, -0.05) is 129 Å². The molecule has 0 fully saturated rings. The van der Waals surface area contributed by atoms with Crippen molar-refractivity contribution in [3.63, 3.8) is 0 Å². The molecule has 0 N–H and O–H groups in total. The fourth-order valence-electron chi connectivity index (χ4n) is 7.70. The molecule has 0 radical (unpaired) electrons. The van der Waals surface area contributed by atoms with Crippen LogP contribution in [0.1, 0.15) is 62.3 Å². The van der Waals surface area contributed by atoms with Gasteiger partial charge in [-0.15, -0.1) is 0 Å². The van der Waals surface area contributed by atoms with Crippen molar-refractivity contribution < 1.29 is 0 Å². The maximum Gasteiger partial charge on any atom is 0.0714 e. The standard InChI is InChI=1S/C40H37N/c1-4-6-26-39(3,25-5-2)41-37-24-16-14-22-32(37)34-27-33-31-21-13-15-23-35(31)40(36(33)28-38(34)41,29-17-9-7-10-18-29)30-19-11-8-12-20-30/h4,6-24,27-28H,5,25-26H2,1-3H3/b6-4-. The van der Waals surface area contributed by atoms with Gasteiger partial charge in [0.1, 0.15) is 0 Å². The molecule has 7 rings (SSSR count). The smallest absolute Gasteiger partial charge is 0.0714 e. The van der Waals surface area contributed by atoms with Crippen LogP contribution in [0, 0.1) is 0 Å². The van der Waals surface area contributed by atoms with Gasteiger partial charge in [-0.25, -0.2) is 0 Å². The minimum Gasteiger partial charge on any atom is -0.334 e. The van der Waals surface area contributed by atoms with Crippen LogP contribution < -0.4 is 0 Å². The Balaban J connectivity index is 1.66. The van der Waals surface area contributed by atoms with Gasteiger partial charge in [-0.05, 0) is 78.3 Å². The topological polar surface area (TPSA) is 4.93 Å². The number of rotatable bonds is 7. The third-order valence-electron chi connectivity index (χ3n) is 9.37. The molecule has 0 bridgehead atoms. The highest BCUT2D eigenvalue weighted by Gasteiger charge is 2.46. The molecule has 1 heterocycles. The summed E-state index contributed by atoms with van der Waals surface area (Å²) in [4.78, 5) is 0. The lowest BCUT2D eigenvalue weighted by atomic mass is 9.67. The first kappa shape index (κ1) is 25.6. The second-order valence-electron chi connectivity index (χ2n) is 11.8. The number of para-hydroxylation sites is 1. The summed E-state index contributed by atoms with van der Waals surface area (Å²) in [6.07, 6.45) is 7.80. The van der Waals surface area contributed by atoms with Gasteiger partial charge in [0.05, 0.1) is 5.41 Å². The summed E-state index contributed by atoms with van der Waals surface area (Å²) < 4.78 is 2.67. The zero-order chi connectivity index (χ0) is 28.0. The van der Waals surface area contributed by atoms with E-state index in [2.05, 4.69) is 159 Å². The number of aromatic nitrogens is 1. The summed E-state index contributed by atoms with van der Waals surface area (Å²) in [6, 6.07) is 45.4. The van der Waals surface area contributed by atoms with E-state index >= 15 is 0 Å².